The molecule has 0 atom stereocenters. The van der Waals surface area contributed by atoms with Crippen LogP contribution in [-0.4, -0.2) is 21.0 Å². The number of nitrogens with two attached hydrogens (primary N) is 1. The Bertz CT molecular complexity index is 732. The van der Waals surface area contributed by atoms with Crippen LogP contribution in [0.3, 0.4) is 0 Å². The second-order valence-corrected chi connectivity index (χ2v) is 4.61. The third kappa shape index (κ3) is 2.28. The molecule has 0 aliphatic heterocycles. The second kappa shape index (κ2) is 4.81. The van der Waals surface area contributed by atoms with Crippen LogP contribution in [0.2, 0.25) is 0 Å². The molecule has 0 saturated carbocycles. The molecule has 1 aromatic carbocycles. The van der Waals surface area contributed by atoms with Crippen molar-refractivity contribution in [3.05, 3.63) is 39.6 Å². The minimum Gasteiger partial charge on any atom is -0.476 e. The van der Waals surface area contributed by atoms with Crippen molar-refractivity contribution in [2.45, 2.75) is 0 Å². The van der Waals surface area contributed by atoms with E-state index >= 15 is 0 Å². The smallest absolute Gasteiger partial charge is 0.357 e. The van der Waals surface area contributed by atoms with Crippen molar-refractivity contribution >= 4 is 28.0 Å². The zero-order valence-electron chi connectivity index (χ0n) is 9.46. The van der Waals surface area contributed by atoms with Gasteiger partial charge < -0.3 is 10.8 Å². The van der Waals surface area contributed by atoms with Crippen molar-refractivity contribution < 1.29 is 23.6 Å². The average Bonchev–Trinajstić information content (AvgIpc) is 2.73. The van der Waals surface area contributed by atoms with Crippen LogP contribution in [0.5, 0.6) is 0 Å². The molecule has 0 fully saturated rings. The van der Waals surface area contributed by atoms with Gasteiger partial charge in [-0.15, -0.1) is 0 Å². The molecule has 2 aromatic rings. The van der Waals surface area contributed by atoms with E-state index in [2.05, 4.69) is 4.98 Å². The van der Waals surface area contributed by atoms with E-state index in [-0.39, 0.29) is 10.0 Å². The molecule has 3 N–H and O–H groups in total. The van der Waals surface area contributed by atoms with Crippen molar-refractivity contribution in [1.29, 1.82) is 0 Å². The van der Waals surface area contributed by atoms with Crippen LogP contribution in [0.1, 0.15) is 10.5 Å². The summed E-state index contributed by atoms with van der Waals surface area (Å²) in [6.45, 7) is 0. The summed E-state index contributed by atoms with van der Waals surface area (Å²) in [5, 5.41) is 18.9. The summed E-state index contributed by atoms with van der Waals surface area (Å²) in [7, 11) is 0. The van der Waals surface area contributed by atoms with Crippen molar-refractivity contribution in [2.75, 3.05) is 5.73 Å². The van der Waals surface area contributed by atoms with E-state index in [1.807, 2.05) is 0 Å². The fraction of sp³-hybridized carbons (Fsp3) is 0. The first-order valence-electron chi connectivity index (χ1n) is 4.94. The minimum absolute atomic E-state index is 0.209. The van der Waals surface area contributed by atoms with E-state index < -0.39 is 39.5 Å². The largest absolute Gasteiger partial charge is 0.476 e. The molecule has 20 heavy (non-hydrogen) atoms. The molecule has 0 unspecified atom stereocenters. The van der Waals surface area contributed by atoms with Gasteiger partial charge in [-0.2, -0.15) is 4.39 Å². The Morgan fingerprint density at radius 1 is 1.45 bits per heavy atom. The van der Waals surface area contributed by atoms with Gasteiger partial charge in [0.15, 0.2) is 5.69 Å². The van der Waals surface area contributed by atoms with Gasteiger partial charge in [-0.25, -0.2) is 14.2 Å². The first kappa shape index (κ1) is 13.8. The zero-order valence-corrected chi connectivity index (χ0v) is 10.3. The number of nitrogen functional groups attached to an aromatic ring is 1. The van der Waals surface area contributed by atoms with Gasteiger partial charge in [-0.3, -0.25) is 10.1 Å². The summed E-state index contributed by atoms with van der Waals surface area (Å²) in [4.78, 5) is 23.8. The van der Waals surface area contributed by atoms with E-state index in [0.29, 0.717) is 23.5 Å². The molecule has 0 amide bonds. The third-order valence-corrected chi connectivity index (χ3v) is 3.22. The van der Waals surface area contributed by atoms with Gasteiger partial charge in [0, 0.05) is 0 Å². The minimum atomic E-state index is -1.43. The van der Waals surface area contributed by atoms with E-state index in [4.69, 9.17) is 10.8 Å². The molecule has 1 aromatic heterocycles. The number of carboxylic acid groups (broad SMARTS) is 1. The molecule has 0 aliphatic carbocycles. The van der Waals surface area contributed by atoms with E-state index in [0.717, 1.165) is 0 Å². The maximum atomic E-state index is 13.9. The maximum absolute atomic E-state index is 13.9. The topological polar surface area (TPSA) is 119 Å². The quantitative estimate of drug-likeness (QED) is 0.663. The van der Waals surface area contributed by atoms with Crippen LogP contribution in [0, 0.1) is 21.7 Å². The van der Waals surface area contributed by atoms with E-state index in [1.165, 1.54) is 0 Å². The van der Waals surface area contributed by atoms with Crippen molar-refractivity contribution in [2.24, 2.45) is 0 Å². The molecule has 0 saturated heterocycles. The molecule has 10 heteroatoms. The Balaban J connectivity index is 2.67. The highest BCUT2D eigenvalue weighted by Crippen LogP contribution is 2.35. The fourth-order valence-electron chi connectivity index (χ4n) is 1.46. The van der Waals surface area contributed by atoms with Crippen LogP contribution in [0.4, 0.5) is 19.5 Å². The van der Waals surface area contributed by atoms with Crippen LogP contribution >= 0.6 is 11.3 Å². The highest BCUT2D eigenvalue weighted by atomic mass is 32.1. The number of halogens is 2. The lowest BCUT2D eigenvalue weighted by Gasteiger charge is -2.00. The number of aromatic carboxylic acids is 1. The van der Waals surface area contributed by atoms with Gasteiger partial charge in [-0.05, 0) is 6.07 Å². The molecule has 104 valence electrons. The Kier molecular flexibility index (Phi) is 3.32. The highest BCUT2D eigenvalue weighted by molar-refractivity contribution is 7.19. The number of nitrogens with zero attached hydrogens (tertiary/aromatic N) is 2. The van der Waals surface area contributed by atoms with Crippen LogP contribution in [0.15, 0.2) is 12.1 Å². The molecular formula is C10H5F2N3O4S. The standard InChI is InChI=1S/C10H5F2N3O4S/c11-3-1-4(6(12)5(2-3)15(18)19)9-14-7(10(16)17)8(13)20-9/h1-2H,13H2,(H,16,17). The number of thiazole rings is 1. The predicted molar refractivity (Wildman–Crippen MR) is 65.5 cm³/mol. The molecule has 2 rings (SSSR count). The van der Waals surface area contributed by atoms with Gasteiger partial charge in [0.2, 0.25) is 5.82 Å². The Morgan fingerprint density at radius 2 is 2.10 bits per heavy atom. The van der Waals surface area contributed by atoms with Crippen LogP contribution < -0.4 is 5.73 Å². The molecule has 7 nitrogen and oxygen atoms in total. The van der Waals surface area contributed by atoms with Gasteiger partial charge in [0.05, 0.1) is 16.6 Å². The summed E-state index contributed by atoms with van der Waals surface area (Å²) in [5.74, 6) is -3.78. The molecular weight excluding hydrogens is 296 g/mol. The summed E-state index contributed by atoms with van der Waals surface area (Å²) >= 11 is 0.596. The number of nitro groups is 1. The number of benzene rings is 1. The molecule has 0 bridgehead atoms. The zero-order chi connectivity index (χ0) is 15.0. The Morgan fingerprint density at radius 3 is 2.60 bits per heavy atom. The Labute approximate surface area is 113 Å². The van der Waals surface area contributed by atoms with Crippen LogP contribution in [0.25, 0.3) is 10.6 Å². The number of anilines is 1. The normalized spacial score (nSPS) is 10.5. The number of hydrogen-bond acceptors (Lipinski definition) is 6. The van der Waals surface area contributed by atoms with Gasteiger partial charge >= 0.3 is 11.7 Å². The van der Waals surface area contributed by atoms with Crippen molar-refractivity contribution in [3.63, 3.8) is 0 Å². The summed E-state index contributed by atoms with van der Waals surface area (Å²) < 4.78 is 27.2. The fourth-order valence-corrected chi connectivity index (χ4v) is 2.30. The summed E-state index contributed by atoms with van der Waals surface area (Å²) in [5.41, 5.74) is 3.30. The summed E-state index contributed by atoms with van der Waals surface area (Å²) in [6.07, 6.45) is 0. The van der Waals surface area contributed by atoms with E-state index in [1.54, 1.807) is 0 Å². The van der Waals surface area contributed by atoms with Gasteiger partial charge in [0.25, 0.3) is 0 Å². The van der Waals surface area contributed by atoms with E-state index in [9.17, 15) is 23.7 Å². The second-order valence-electron chi connectivity index (χ2n) is 3.58. The molecule has 0 aliphatic rings. The lowest BCUT2D eigenvalue weighted by Crippen LogP contribution is -2.01. The number of nitro benzene ring substituents is 1. The lowest BCUT2D eigenvalue weighted by atomic mass is 10.2. The first-order valence-corrected chi connectivity index (χ1v) is 5.76. The van der Waals surface area contributed by atoms with Gasteiger partial charge in [-0.1, -0.05) is 11.3 Å². The SMILES string of the molecule is Nc1sc(-c2cc(F)cc([N+](=O)[O-])c2F)nc1C(=O)O. The average molecular weight is 301 g/mol. The van der Waals surface area contributed by atoms with Crippen LogP contribution in [-0.2, 0) is 0 Å². The molecule has 1 heterocycles. The number of carboxylic acids is 1. The first-order chi connectivity index (χ1) is 9.31. The van der Waals surface area contributed by atoms with Crippen molar-refractivity contribution in [1.82, 2.24) is 4.98 Å². The monoisotopic (exact) mass is 301 g/mol. The Hall–Kier alpha value is -2.62. The van der Waals surface area contributed by atoms with Crippen molar-refractivity contribution in [3.8, 4) is 10.6 Å². The maximum Gasteiger partial charge on any atom is 0.357 e. The number of hydrogen-bond donors (Lipinski definition) is 2. The summed E-state index contributed by atoms with van der Waals surface area (Å²) in [6, 6.07) is 1.11. The highest BCUT2D eigenvalue weighted by Gasteiger charge is 2.25. The number of rotatable bonds is 3. The molecule has 0 spiro atoms. The van der Waals surface area contributed by atoms with Gasteiger partial charge in [0.1, 0.15) is 15.8 Å². The third-order valence-electron chi connectivity index (χ3n) is 2.30. The molecule has 0 radical (unpaired) electrons. The lowest BCUT2D eigenvalue weighted by molar-refractivity contribution is -0.387. The number of carbonyl (C=O) groups is 1. The predicted octanol–water partition coefficient (Wildman–Crippen LogP) is 2.28. The number of aromatic nitrogens is 1.